The Morgan fingerprint density at radius 2 is 2.13 bits per heavy atom. The van der Waals surface area contributed by atoms with Gasteiger partial charge in [-0.25, -0.2) is 0 Å². The van der Waals surface area contributed by atoms with Crippen molar-refractivity contribution in [2.75, 3.05) is 5.32 Å². The van der Waals surface area contributed by atoms with Crippen molar-refractivity contribution in [3.63, 3.8) is 0 Å². The topological polar surface area (TPSA) is 107 Å². The number of nitrogens with zero attached hydrogens (tertiary/aromatic N) is 4. The number of non-ortho nitro benzene ring substituents is 1. The Bertz CT molecular complexity index is 888. The van der Waals surface area contributed by atoms with Crippen LogP contribution in [0.3, 0.4) is 0 Å². The number of hydrogen-bond acceptors (Lipinski definition) is 7. The molecule has 116 valence electrons. The highest BCUT2D eigenvalue weighted by molar-refractivity contribution is 5.99. The van der Waals surface area contributed by atoms with Gasteiger partial charge in [-0.2, -0.15) is 0 Å². The second-order valence-electron chi connectivity index (χ2n) is 5.47. The molecule has 0 atom stereocenters. The van der Waals surface area contributed by atoms with Gasteiger partial charge in [-0.3, -0.25) is 15.1 Å². The number of fused-ring (bicyclic) bond motifs is 1. The highest BCUT2D eigenvalue weighted by Gasteiger charge is 2.29. The van der Waals surface area contributed by atoms with E-state index in [1.165, 1.54) is 12.3 Å². The molecule has 0 radical (unpaired) electrons. The van der Waals surface area contributed by atoms with Crippen molar-refractivity contribution in [3.8, 4) is 0 Å². The maximum absolute atomic E-state index is 11.1. The minimum absolute atomic E-state index is 0.0347. The second kappa shape index (κ2) is 5.31. The first-order valence-electron chi connectivity index (χ1n) is 7.29. The van der Waals surface area contributed by atoms with Gasteiger partial charge in [0, 0.05) is 35.5 Å². The zero-order valence-electron chi connectivity index (χ0n) is 12.1. The lowest BCUT2D eigenvalue weighted by Gasteiger charge is -2.08. The normalized spacial score (nSPS) is 14.1. The zero-order chi connectivity index (χ0) is 15.8. The monoisotopic (exact) mass is 311 g/mol. The number of hydrogen-bond donors (Lipinski definition) is 1. The Morgan fingerprint density at radius 1 is 1.26 bits per heavy atom. The predicted molar refractivity (Wildman–Crippen MR) is 82.0 cm³/mol. The first-order valence-corrected chi connectivity index (χ1v) is 7.29. The molecule has 4 rings (SSSR count). The van der Waals surface area contributed by atoms with E-state index >= 15 is 0 Å². The van der Waals surface area contributed by atoms with Crippen molar-refractivity contribution in [1.29, 1.82) is 0 Å². The Hall–Kier alpha value is -3.03. The van der Waals surface area contributed by atoms with E-state index in [0.717, 1.165) is 23.9 Å². The van der Waals surface area contributed by atoms with E-state index in [4.69, 9.17) is 4.42 Å². The van der Waals surface area contributed by atoms with Gasteiger partial charge in [0.05, 0.1) is 16.9 Å². The molecule has 0 amide bonds. The minimum atomic E-state index is -0.409. The van der Waals surface area contributed by atoms with E-state index in [2.05, 4.69) is 20.5 Å². The van der Waals surface area contributed by atoms with Crippen LogP contribution < -0.4 is 5.32 Å². The van der Waals surface area contributed by atoms with Crippen molar-refractivity contribution in [3.05, 3.63) is 52.5 Å². The quantitative estimate of drug-likeness (QED) is 0.570. The van der Waals surface area contributed by atoms with E-state index < -0.39 is 4.92 Å². The lowest BCUT2D eigenvalue weighted by atomic mass is 10.1. The summed E-state index contributed by atoms with van der Waals surface area (Å²) in [6.45, 7) is 0.370. The van der Waals surface area contributed by atoms with E-state index in [9.17, 15) is 10.1 Å². The SMILES string of the molecule is O=[N+]([O-])c1ccc(NCc2nnc(C3CC3)o2)c2ccncc12. The van der Waals surface area contributed by atoms with Gasteiger partial charge in [-0.05, 0) is 25.0 Å². The molecule has 1 aromatic carbocycles. The summed E-state index contributed by atoms with van der Waals surface area (Å²) in [5.41, 5.74) is 0.798. The fourth-order valence-corrected chi connectivity index (χ4v) is 2.49. The molecular weight excluding hydrogens is 298 g/mol. The fraction of sp³-hybridized carbons (Fsp3) is 0.267. The molecule has 8 heteroatoms. The van der Waals surface area contributed by atoms with Crippen LogP contribution in [-0.2, 0) is 6.54 Å². The summed E-state index contributed by atoms with van der Waals surface area (Å²) in [5, 5.41) is 23.6. The molecule has 0 spiro atoms. The van der Waals surface area contributed by atoms with Crippen LogP contribution in [0.1, 0.15) is 30.5 Å². The van der Waals surface area contributed by atoms with Gasteiger partial charge in [0.1, 0.15) is 0 Å². The van der Waals surface area contributed by atoms with Gasteiger partial charge < -0.3 is 9.73 Å². The lowest BCUT2D eigenvalue weighted by Crippen LogP contribution is -2.01. The highest BCUT2D eigenvalue weighted by Crippen LogP contribution is 2.39. The van der Waals surface area contributed by atoms with Crippen LogP contribution >= 0.6 is 0 Å². The molecule has 0 bridgehead atoms. The average molecular weight is 311 g/mol. The standard InChI is InChI=1S/C15H13N5O3/c21-20(22)13-4-3-12(10-5-6-16-7-11(10)13)17-8-14-18-19-15(23-14)9-1-2-9/h3-7,9,17H,1-2,8H2. The molecule has 3 aromatic rings. The largest absolute Gasteiger partial charge is 0.423 e. The van der Waals surface area contributed by atoms with Crippen LogP contribution in [0.25, 0.3) is 10.8 Å². The second-order valence-corrected chi connectivity index (χ2v) is 5.47. The predicted octanol–water partition coefficient (Wildman–Crippen LogP) is 3.02. The summed E-state index contributed by atoms with van der Waals surface area (Å²) in [4.78, 5) is 14.7. The highest BCUT2D eigenvalue weighted by atomic mass is 16.6. The maximum atomic E-state index is 11.1. The number of nitrogens with one attached hydrogen (secondary N) is 1. The van der Waals surface area contributed by atoms with Crippen LogP contribution in [0.2, 0.25) is 0 Å². The molecule has 0 unspecified atom stereocenters. The summed E-state index contributed by atoms with van der Waals surface area (Å²) >= 11 is 0. The van der Waals surface area contributed by atoms with Crippen LogP contribution in [0.4, 0.5) is 11.4 Å². The number of aromatic nitrogens is 3. The van der Waals surface area contributed by atoms with Crippen LogP contribution in [0.5, 0.6) is 0 Å². The number of nitro benzene ring substituents is 1. The zero-order valence-corrected chi connectivity index (χ0v) is 12.1. The van der Waals surface area contributed by atoms with Crippen molar-refractivity contribution in [2.45, 2.75) is 25.3 Å². The Labute approximate surface area is 130 Å². The van der Waals surface area contributed by atoms with Gasteiger partial charge in [0.15, 0.2) is 0 Å². The Balaban J connectivity index is 1.60. The van der Waals surface area contributed by atoms with Gasteiger partial charge in [-0.1, -0.05) is 0 Å². The van der Waals surface area contributed by atoms with Gasteiger partial charge in [0.25, 0.3) is 5.69 Å². The molecule has 1 fully saturated rings. The maximum Gasteiger partial charge on any atom is 0.278 e. The average Bonchev–Trinajstić information content (AvgIpc) is 3.31. The summed E-state index contributed by atoms with van der Waals surface area (Å²) in [6.07, 6.45) is 5.32. The molecule has 1 saturated carbocycles. The minimum Gasteiger partial charge on any atom is -0.423 e. The molecule has 2 aromatic heterocycles. The van der Waals surface area contributed by atoms with Crippen molar-refractivity contribution in [1.82, 2.24) is 15.2 Å². The Kier molecular flexibility index (Phi) is 3.14. The number of benzene rings is 1. The third kappa shape index (κ3) is 2.59. The fourth-order valence-electron chi connectivity index (χ4n) is 2.49. The van der Waals surface area contributed by atoms with E-state index in [1.54, 1.807) is 18.3 Å². The molecular formula is C15H13N5O3. The van der Waals surface area contributed by atoms with Crippen LogP contribution in [0, 0.1) is 10.1 Å². The molecule has 8 nitrogen and oxygen atoms in total. The molecule has 1 N–H and O–H groups in total. The van der Waals surface area contributed by atoms with E-state index in [-0.39, 0.29) is 5.69 Å². The summed E-state index contributed by atoms with van der Waals surface area (Å²) in [5.74, 6) is 1.62. The summed E-state index contributed by atoms with van der Waals surface area (Å²) in [7, 11) is 0. The van der Waals surface area contributed by atoms with Gasteiger partial charge >= 0.3 is 0 Å². The number of anilines is 1. The smallest absolute Gasteiger partial charge is 0.278 e. The molecule has 23 heavy (non-hydrogen) atoms. The number of rotatable bonds is 5. The first kappa shape index (κ1) is 13.6. The lowest BCUT2D eigenvalue weighted by molar-refractivity contribution is -0.383. The van der Waals surface area contributed by atoms with Crippen LogP contribution in [-0.4, -0.2) is 20.1 Å². The van der Waals surface area contributed by atoms with E-state index in [0.29, 0.717) is 29.6 Å². The Morgan fingerprint density at radius 3 is 2.91 bits per heavy atom. The molecule has 1 aliphatic rings. The molecule has 0 saturated heterocycles. The third-order valence-corrected chi connectivity index (χ3v) is 3.83. The molecule has 1 aliphatic carbocycles. The molecule has 2 heterocycles. The third-order valence-electron chi connectivity index (χ3n) is 3.83. The van der Waals surface area contributed by atoms with Crippen molar-refractivity contribution in [2.24, 2.45) is 0 Å². The summed E-state index contributed by atoms with van der Waals surface area (Å²) < 4.78 is 5.60. The number of nitro groups is 1. The first-order chi connectivity index (χ1) is 11.2. The van der Waals surface area contributed by atoms with E-state index in [1.807, 2.05) is 0 Å². The molecule has 0 aliphatic heterocycles. The summed E-state index contributed by atoms with van der Waals surface area (Å²) in [6, 6.07) is 4.89. The van der Waals surface area contributed by atoms with Gasteiger partial charge in [0.2, 0.25) is 11.8 Å². The van der Waals surface area contributed by atoms with Crippen molar-refractivity contribution < 1.29 is 9.34 Å². The van der Waals surface area contributed by atoms with Crippen molar-refractivity contribution >= 4 is 22.1 Å². The number of pyridine rings is 1. The van der Waals surface area contributed by atoms with Crippen LogP contribution in [0.15, 0.2) is 35.0 Å². The van der Waals surface area contributed by atoms with Gasteiger partial charge in [-0.15, -0.1) is 10.2 Å².